The van der Waals surface area contributed by atoms with E-state index in [2.05, 4.69) is 40.0 Å². The second-order valence-corrected chi connectivity index (χ2v) is 20.3. The first-order chi connectivity index (χ1) is 14.8. The van der Waals surface area contributed by atoms with Crippen LogP contribution in [0.2, 0.25) is 38.3 Å². The Hall–Kier alpha value is 0.394. The second kappa shape index (κ2) is 21.0. The molecule has 0 fully saturated rings. The first-order valence-corrected chi connectivity index (χ1v) is 20.8. The third-order valence-corrected chi connectivity index (χ3v) is 14.4. The van der Waals surface area contributed by atoms with E-state index in [4.69, 9.17) is 4.12 Å². The molecule has 0 spiro atoms. The van der Waals surface area contributed by atoms with Crippen LogP contribution in [0.5, 0.6) is 0 Å². The minimum absolute atomic E-state index is 1.36. The summed E-state index contributed by atoms with van der Waals surface area (Å²) in [5.41, 5.74) is 0. The molecule has 3 heteroatoms. The molecule has 1 nitrogen and oxygen atoms in total. The lowest BCUT2D eigenvalue weighted by atomic mass is 10.1. The van der Waals surface area contributed by atoms with Gasteiger partial charge in [0.2, 0.25) is 0 Å². The molecule has 0 aliphatic carbocycles. The molecule has 0 heterocycles. The van der Waals surface area contributed by atoms with Crippen molar-refractivity contribution in [2.45, 2.75) is 181 Å². The van der Waals surface area contributed by atoms with Gasteiger partial charge in [-0.1, -0.05) is 142 Å². The maximum Gasteiger partial charge on any atom is 0.173 e. The predicted molar refractivity (Wildman–Crippen MR) is 149 cm³/mol. The van der Waals surface area contributed by atoms with E-state index in [1.54, 1.807) is 0 Å². The molecule has 0 N–H and O–H groups in total. The van der Waals surface area contributed by atoms with Crippen LogP contribution in [0.15, 0.2) is 0 Å². The number of rotatable bonds is 24. The summed E-state index contributed by atoms with van der Waals surface area (Å²) in [6, 6.07) is 2.75. The summed E-state index contributed by atoms with van der Waals surface area (Å²) in [4.78, 5) is 0. The Morgan fingerprint density at radius 3 is 0.839 bits per heavy atom. The van der Waals surface area contributed by atoms with E-state index >= 15 is 0 Å². The van der Waals surface area contributed by atoms with Crippen molar-refractivity contribution in [2.24, 2.45) is 0 Å². The van der Waals surface area contributed by atoms with Crippen LogP contribution in [-0.2, 0) is 4.12 Å². The topological polar surface area (TPSA) is 9.23 Å². The molecule has 0 rings (SSSR count). The maximum atomic E-state index is 6.87. The minimum atomic E-state index is -1.46. The zero-order chi connectivity index (χ0) is 23.3. The third-order valence-electron chi connectivity index (χ3n) is 6.82. The Kier molecular flexibility index (Phi) is 21.2. The van der Waals surface area contributed by atoms with Gasteiger partial charge >= 0.3 is 0 Å². The number of hydrogen-bond acceptors (Lipinski definition) is 1. The Balaban J connectivity index is 3.65. The second-order valence-electron chi connectivity index (χ2n) is 11.5. The highest BCUT2D eigenvalue weighted by atomic mass is 28.4. The van der Waals surface area contributed by atoms with Gasteiger partial charge in [0.15, 0.2) is 16.6 Å². The smallest absolute Gasteiger partial charge is 0.173 e. The van der Waals surface area contributed by atoms with Gasteiger partial charge in [-0.05, 0) is 38.3 Å². The van der Waals surface area contributed by atoms with Crippen molar-refractivity contribution < 1.29 is 4.12 Å². The lowest BCUT2D eigenvalue weighted by Crippen LogP contribution is -2.44. The Morgan fingerprint density at radius 1 is 0.355 bits per heavy atom. The molecule has 31 heavy (non-hydrogen) atoms. The van der Waals surface area contributed by atoms with Crippen LogP contribution in [-0.4, -0.2) is 16.6 Å². The summed E-state index contributed by atoms with van der Waals surface area (Å²) in [6.07, 6.45) is 28.7. The van der Waals surface area contributed by atoms with E-state index < -0.39 is 16.6 Å². The van der Waals surface area contributed by atoms with E-state index in [0.29, 0.717) is 0 Å². The van der Waals surface area contributed by atoms with Gasteiger partial charge in [-0.3, -0.25) is 0 Å². The average molecular weight is 471 g/mol. The molecule has 0 radical (unpaired) electrons. The van der Waals surface area contributed by atoms with Gasteiger partial charge in [0.05, 0.1) is 0 Å². The fourth-order valence-corrected chi connectivity index (χ4v) is 13.9. The summed E-state index contributed by atoms with van der Waals surface area (Å²) >= 11 is 0. The molecule has 0 bridgehead atoms. The van der Waals surface area contributed by atoms with Crippen molar-refractivity contribution in [3.63, 3.8) is 0 Å². The van der Waals surface area contributed by atoms with Crippen LogP contribution in [0.3, 0.4) is 0 Å². The standard InChI is InChI=1S/C28H62OSi2/c1-7-9-11-13-15-17-19-21-23-25-27-30(3,4)29-31(5,6)28-26-24-22-20-18-16-14-12-10-8-2/h7-28H2,1-6H3. The molecule has 0 aliphatic rings. The quantitative estimate of drug-likeness (QED) is 0.101. The van der Waals surface area contributed by atoms with Crippen LogP contribution in [0.25, 0.3) is 0 Å². The van der Waals surface area contributed by atoms with Gasteiger partial charge in [0.25, 0.3) is 0 Å². The first-order valence-electron chi connectivity index (χ1n) is 14.5. The predicted octanol–water partition coefficient (Wildman–Crippen LogP) is 11.3. The van der Waals surface area contributed by atoms with Crippen molar-refractivity contribution in [3.8, 4) is 0 Å². The van der Waals surface area contributed by atoms with Gasteiger partial charge in [-0.2, -0.15) is 0 Å². The molecular weight excluding hydrogens is 408 g/mol. The van der Waals surface area contributed by atoms with Gasteiger partial charge < -0.3 is 4.12 Å². The van der Waals surface area contributed by atoms with Gasteiger partial charge in [-0.15, -0.1) is 0 Å². The summed E-state index contributed by atoms with van der Waals surface area (Å²) in [5.74, 6) is 0. The molecule has 0 atom stereocenters. The van der Waals surface area contributed by atoms with E-state index in [0.717, 1.165) is 0 Å². The van der Waals surface area contributed by atoms with Gasteiger partial charge in [-0.25, -0.2) is 0 Å². The van der Waals surface area contributed by atoms with Crippen LogP contribution in [0.1, 0.15) is 142 Å². The Morgan fingerprint density at radius 2 is 0.581 bits per heavy atom. The summed E-state index contributed by atoms with van der Waals surface area (Å²) in [5, 5.41) is 0. The van der Waals surface area contributed by atoms with Crippen molar-refractivity contribution in [3.05, 3.63) is 0 Å². The zero-order valence-electron chi connectivity index (χ0n) is 23.0. The van der Waals surface area contributed by atoms with Crippen LogP contribution in [0.4, 0.5) is 0 Å². The molecule has 0 aliphatic heterocycles. The SMILES string of the molecule is CCCCCCCCCCCC[Si](C)(C)O[Si](C)(C)CCCCCCCCCCCC. The van der Waals surface area contributed by atoms with Crippen LogP contribution >= 0.6 is 0 Å². The average Bonchev–Trinajstić information content (AvgIpc) is 2.70. The normalized spacial score (nSPS) is 12.6. The highest BCUT2D eigenvalue weighted by molar-refractivity contribution is 6.84. The molecule has 0 saturated carbocycles. The van der Waals surface area contributed by atoms with Gasteiger partial charge in [0, 0.05) is 0 Å². The molecule has 0 aromatic carbocycles. The summed E-state index contributed by atoms with van der Waals surface area (Å²) in [7, 11) is -2.93. The van der Waals surface area contributed by atoms with Crippen LogP contribution in [0, 0.1) is 0 Å². The molecule has 188 valence electrons. The van der Waals surface area contributed by atoms with Crippen molar-refractivity contribution in [1.82, 2.24) is 0 Å². The monoisotopic (exact) mass is 470 g/mol. The molecule has 0 unspecified atom stereocenters. The van der Waals surface area contributed by atoms with E-state index in [1.165, 1.54) is 141 Å². The lowest BCUT2D eigenvalue weighted by molar-refractivity contribution is 0.515. The molecular formula is C28H62OSi2. The van der Waals surface area contributed by atoms with E-state index in [9.17, 15) is 0 Å². The summed E-state index contributed by atoms with van der Waals surface area (Å²) in [6.45, 7) is 14.5. The fraction of sp³-hybridized carbons (Fsp3) is 1.00. The van der Waals surface area contributed by atoms with Crippen molar-refractivity contribution in [2.75, 3.05) is 0 Å². The first kappa shape index (κ1) is 31.4. The minimum Gasteiger partial charge on any atom is -0.455 e. The molecule has 0 amide bonds. The van der Waals surface area contributed by atoms with E-state index in [1.807, 2.05) is 0 Å². The van der Waals surface area contributed by atoms with Crippen LogP contribution < -0.4 is 0 Å². The molecule has 0 aromatic rings. The molecule has 0 aromatic heterocycles. The van der Waals surface area contributed by atoms with Crippen molar-refractivity contribution in [1.29, 1.82) is 0 Å². The number of hydrogen-bond donors (Lipinski definition) is 0. The van der Waals surface area contributed by atoms with Crippen molar-refractivity contribution >= 4 is 16.6 Å². The van der Waals surface area contributed by atoms with E-state index in [-0.39, 0.29) is 0 Å². The summed E-state index contributed by atoms with van der Waals surface area (Å²) < 4.78 is 6.87. The fourth-order valence-electron chi connectivity index (χ4n) is 4.93. The van der Waals surface area contributed by atoms with Gasteiger partial charge in [0.1, 0.15) is 0 Å². The third kappa shape index (κ3) is 23.4. The number of unbranched alkanes of at least 4 members (excludes halogenated alkanes) is 18. The Bertz CT molecular complexity index is 334. The Labute approximate surface area is 201 Å². The lowest BCUT2D eigenvalue weighted by Gasteiger charge is -2.34. The largest absolute Gasteiger partial charge is 0.455 e. The maximum absolute atomic E-state index is 6.87. The zero-order valence-corrected chi connectivity index (χ0v) is 25.0. The molecule has 0 saturated heterocycles. The highest BCUT2D eigenvalue weighted by Crippen LogP contribution is 2.26. The highest BCUT2D eigenvalue weighted by Gasteiger charge is 2.32.